The zero-order chi connectivity index (χ0) is 13.7. The predicted octanol–water partition coefficient (Wildman–Crippen LogP) is 2.15. The standard InChI is InChI=1S/C13H14N2O4/c1-2-18-10-5-3-4-9(8-10)13-14-11(19-15-13)6-7-12(16)17/h3-5,8H,2,6-7H2,1H3,(H,16,17). The van der Waals surface area contributed by atoms with Crippen LogP contribution in [0.5, 0.6) is 5.75 Å². The fraction of sp³-hybridized carbons (Fsp3) is 0.308. The number of benzene rings is 1. The van der Waals surface area contributed by atoms with E-state index in [4.69, 9.17) is 14.4 Å². The molecular weight excluding hydrogens is 248 g/mol. The molecule has 19 heavy (non-hydrogen) atoms. The molecule has 2 aromatic rings. The molecule has 100 valence electrons. The van der Waals surface area contributed by atoms with E-state index in [-0.39, 0.29) is 12.8 Å². The van der Waals surface area contributed by atoms with E-state index < -0.39 is 5.97 Å². The molecule has 0 aliphatic carbocycles. The number of aromatic nitrogens is 2. The van der Waals surface area contributed by atoms with Crippen molar-refractivity contribution in [3.05, 3.63) is 30.2 Å². The lowest BCUT2D eigenvalue weighted by atomic mass is 10.2. The molecule has 0 spiro atoms. The fourth-order valence-electron chi connectivity index (χ4n) is 1.58. The van der Waals surface area contributed by atoms with E-state index in [2.05, 4.69) is 10.1 Å². The summed E-state index contributed by atoms with van der Waals surface area (Å²) in [4.78, 5) is 14.6. The average molecular weight is 262 g/mol. The number of rotatable bonds is 6. The predicted molar refractivity (Wildman–Crippen MR) is 66.9 cm³/mol. The molecule has 0 fully saturated rings. The summed E-state index contributed by atoms with van der Waals surface area (Å²) in [7, 11) is 0. The SMILES string of the molecule is CCOc1cccc(-c2noc(CCC(=O)O)n2)c1. The first-order chi connectivity index (χ1) is 9.19. The van der Waals surface area contributed by atoms with Crippen LogP contribution < -0.4 is 4.74 Å². The third kappa shape index (κ3) is 3.54. The summed E-state index contributed by atoms with van der Waals surface area (Å²) in [5.41, 5.74) is 0.774. The Morgan fingerprint density at radius 2 is 2.32 bits per heavy atom. The largest absolute Gasteiger partial charge is 0.494 e. The van der Waals surface area contributed by atoms with Crippen LogP contribution in [0.1, 0.15) is 19.2 Å². The monoisotopic (exact) mass is 262 g/mol. The van der Waals surface area contributed by atoms with Gasteiger partial charge in [-0.3, -0.25) is 4.79 Å². The summed E-state index contributed by atoms with van der Waals surface area (Å²) >= 11 is 0. The lowest BCUT2D eigenvalue weighted by molar-refractivity contribution is -0.137. The second-order valence-electron chi connectivity index (χ2n) is 3.87. The van der Waals surface area contributed by atoms with Gasteiger partial charge in [0.25, 0.3) is 0 Å². The van der Waals surface area contributed by atoms with Gasteiger partial charge in [0.2, 0.25) is 11.7 Å². The zero-order valence-corrected chi connectivity index (χ0v) is 10.5. The average Bonchev–Trinajstić information content (AvgIpc) is 2.86. The number of nitrogens with zero attached hydrogens (tertiary/aromatic N) is 2. The van der Waals surface area contributed by atoms with Crippen LogP contribution in [0.15, 0.2) is 28.8 Å². The summed E-state index contributed by atoms with van der Waals surface area (Å²) in [6, 6.07) is 7.34. The summed E-state index contributed by atoms with van der Waals surface area (Å²) in [5.74, 6) is 0.594. The van der Waals surface area contributed by atoms with Crippen molar-refractivity contribution in [2.24, 2.45) is 0 Å². The highest BCUT2D eigenvalue weighted by Crippen LogP contribution is 2.21. The molecule has 2 rings (SSSR count). The quantitative estimate of drug-likeness (QED) is 0.858. The van der Waals surface area contributed by atoms with E-state index in [9.17, 15) is 4.79 Å². The van der Waals surface area contributed by atoms with Gasteiger partial charge >= 0.3 is 5.97 Å². The van der Waals surface area contributed by atoms with Crippen LogP contribution in [-0.2, 0) is 11.2 Å². The second-order valence-corrected chi connectivity index (χ2v) is 3.87. The lowest BCUT2D eigenvalue weighted by Crippen LogP contribution is -1.97. The van der Waals surface area contributed by atoms with E-state index in [0.29, 0.717) is 18.3 Å². The van der Waals surface area contributed by atoms with Crippen molar-refractivity contribution < 1.29 is 19.2 Å². The van der Waals surface area contributed by atoms with Crippen LogP contribution >= 0.6 is 0 Å². The van der Waals surface area contributed by atoms with Gasteiger partial charge in [0.1, 0.15) is 5.75 Å². The van der Waals surface area contributed by atoms with Gasteiger partial charge in [-0.2, -0.15) is 4.98 Å². The minimum atomic E-state index is -0.891. The van der Waals surface area contributed by atoms with Crippen LogP contribution in [0.2, 0.25) is 0 Å². The maximum Gasteiger partial charge on any atom is 0.303 e. The molecular formula is C13H14N2O4. The van der Waals surface area contributed by atoms with Gasteiger partial charge < -0.3 is 14.4 Å². The normalized spacial score (nSPS) is 10.4. The first-order valence-corrected chi connectivity index (χ1v) is 5.96. The number of aryl methyl sites for hydroxylation is 1. The molecule has 1 N–H and O–H groups in total. The Bertz CT molecular complexity index is 565. The molecule has 1 heterocycles. The van der Waals surface area contributed by atoms with Crippen LogP contribution in [0.25, 0.3) is 11.4 Å². The third-order valence-electron chi connectivity index (χ3n) is 2.42. The van der Waals surface area contributed by atoms with E-state index in [0.717, 1.165) is 11.3 Å². The number of carboxylic acid groups (broad SMARTS) is 1. The van der Waals surface area contributed by atoms with Gasteiger partial charge in [-0.25, -0.2) is 0 Å². The number of hydrogen-bond acceptors (Lipinski definition) is 5. The highest BCUT2D eigenvalue weighted by molar-refractivity contribution is 5.66. The summed E-state index contributed by atoms with van der Waals surface area (Å²) in [6.07, 6.45) is 0.202. The van der Waals surface area contributed by atoms with E-state index in [1.54, 1.807) is 0 Å². The van der Waals surface area contributed by atoms with Crippen molar-refractivity contribution in [1.82, 2.24) is 10.1 Å². The fourth-order valence-corrected chi connectivity index (χ4v) is 1.58. The van der Waals surface area contributed by atoms with E-state index >= 15 is 0 Å². The Hall–Kier alpha value is -2.37. The molecule has 0 atom stereocenters. The smallest absolute Gasteiger partial charge is 0.303 e. The zero-order valence-electron chi connectivity index (χ0n) is 10.5. The van der Waals surface area contributed by atoms with Crippen LogP contribution in [-0.4, -0.2) is 27.8 Å². The Morgan fingerprint density at radius 1 is 1.47 bits per heavy atom. The van der Waals surface area contributed by atoms with Crippen LogP contribution in [0.4, 0.5) is 0 Å². The molecule has 0 aliphatic heterocycles. The van der Waals surface area contributed by atoms with Gasteiger partial charge in [-0.1, -0.05) is 17.3 Å². The van der Waals surface area contributed by atoms with Crippen molar-refractivity contribution in [1.29, 1.82) is 0 Å². The molecule has 0 aliphatic rings. The Kier molecular flexibility index (Phi) is 4.12. The highest BCUT2D eigenvalue weighted by Gasteiger charge is 2.10. The van der Waals surface area contributed by atoms with Crippen molar-refractivity contribution in [2.75, 3.05) is 6.61 Å². The van der Waals surface area contributed by atoms with Gasteiger partial charge in [0, 0.05) is 12.0 Å². The van der Waals surface area contributed by atoms with Crippen LogP contribution in [0, 0.1) is 0 Å². The first kappa shape index (κ1) is 13.1. The Labute approximate surface area is 110 Å². The molecule has 0 amide bonds. The Balaban J connectivity index is 2.13. The van der Waals surface area contributed by atoms with Crippen molar-refractivity contribution in [3.8, 4) is 17.1 Å². The lowest BCUT2D eigenvalue weighted by Gasteiger charge is -2.02. The summed E-state index contributed by atoms with van der Waals surface area (Å²) in [6.45, 7) is 2.49. The number of carboxylic acids is 1. The number of aliphatic carboxylic acids is 1. The van der Waals surface area contributed by atoms with Crippen molar-refractivity contribution >= 4 is 5.97 Å². The third-order valence-corrected chi connectivity index (χ3v) is 2.42. The number of hydrogen-bond donors (Lipinski definition) is 1. The number of carbonyl (C=O) groups is 1. The maximum atomic E-state index is 10.5. The van der Waals surface area contributed by atoms with Gasteiger partial charge in [0.15, 0.2) is 0 Å². The van der Waals surface area contributed by atoms with Gasteiger partial charge in [0.05, 0.1) is 13.0 Å². The Morgan fingerprint density at radius 3 is 3.05 bits per heavy atom. The molecule has 0 unspecified atom stereocenters. The summed E-state index contributed by atoms with van der Waals surface area (Å²) in [5, 5.41) is 12.4. The molecule has 1 aromatic heterocycles. The molecule has 1 aromatic carbocycles. The number of ether oxygens (including phenoxy) is 1. The minimum Gasteiger partial charge on any atom is -0.494 e. The molecule has 0 saturated carbocycles. The molecule has 0 radical (unpaired) electrons. The van der Waals surface area contributed by atoms with Crippen LogP contribution in [0.3, 0.4) is 0 Å². The molecule has 6 nitrogen and oxygen atoms in total. The summed E-state index contributed by atoms with van der Waals surface area (Å²) < 4.78 is 10.4. The van der Waals surface area contributed by atoms with Crippen molar-refractivity contribution in [3.63, 3.8) is 0 Å². The maximum absolute atomic E-state index is 10.5. The van der Waals surface area contributed by atoms with Gasteiger partial charge in [-0.15, -0.1) is 0 Å². The minimum absolute atomic E-state index is 0.0272. The second kappa shape index (κ2) is 5.99. The molecule has 6 heteroatoms. The van der Waals surface area contributed by atoms with Crippen molar-refractivity contribution in [2.45, 2.75) is 19.8 Å². The highest BCUT2D eigenvalue weighted by atomic mass is 16.5. The molecule has 0 saturated heterocycles. The first-order valence-electron chi connectivity index (χ1n) is 5.96. The van der Waals surface area contributed by atoms with Gasteiger partial charge in [-0.05, 0) is 19.1 Å². The topological polar surface area (TPSA) is 85.5 Å². The van der Waals surface area contributed by atoms with E-state index in [1.165, 1.54) is 0 Å². The van der Waals surface area contributed by atoms with E-state index in [1.807, 2.05) is 31.2 Å². The molecule has 0 bridgehead atoms.